The Morgan fingerprint density at radius 2 is 1.95 bits per heavy atom. The molecule has 1 rings (SSSR count). The van der Waals surface area contributed by atoms with Gasteiger partial charge in [-0.05, 0) is 32.9 Å². The zero-order chi connectivity index (χ0) is 14.6. The first kappa shape index (κ1) is 15.5. The van der Waals surface area contributed by atoms with E-state index in [1.807, 2.05) is 0 Å². The maximum Gasteiger partial charge on any atom is 0.340 e. The molecule has 0 aliphatic carbocycles. The van der Waals surface area contributed by atoms with E-state index < -0.39 is 16.2 Å². The standard InChI is InChI=1S/C12H18N2O4S/c1-8(2)13-19(16,17)14-11-6-5-9(3)7-10(11)12(15)18-4/h5-8,13-14H,1-4H3. The topological polar surface area (TPSA) is 84.5 Å². The molecule has 1 aromatic carbocycles. The van der Waals surface area contributed by atoms with E-state index in [1.165, 1.54) is 13.2 Å². The summed E-state index contributed by atoms with van der Waals surface area (Å²) in [6.07, 6.45) is 0. The van der Waals surface area contributed by atoms with Crippen molar-refractivity contribution >= 4 is 21.9 Å². The van der Waals surface area contributed by atoms with Crippen LogP contribution in [-0.4, -0.2) is 27.5 Å². The second kappa shape index (κ2) is 6.03. The molecule has 0 radical (unpaired) electrons. The Labute approximate surface area is 113 Å². The van der Waals surface area contributed by atoms with Crippen LogP contribution < -0.4 is 9.44 Å². The van der Waals surface area contributed by atoms with E-state index in [0.29, 0.717) is 0 Å². The van der Waals surface area contributed by atoms with Crippen molar-refractivity contribution < 1.29 is 17.9 Å². The monoisotopic (exact) mass is 286 g/mol. The molecule has 1 aromatic rings. The molecular formula is C12H18N2O4S. The fourth-order valence-corrected chi connectivity index (χ4v) is 2.66. The Bertz CT molecular complexity index is 567. The molecule has 2 N–H and O–H groups in total. The molecule has 7 heteroatoms. The molecule has 0 heterocycles. The molecule has 0 bridgehead atoms. The number of benzene rings is 1. The molecule has 106 valence electrons. The number of ether oxygens (including phenoxy) is 1. The van der Waals surface area contributed by atoms with Crippen LogP contribution in [0.5, 0.6) is 0 Å². The molecule has 0 unspecified atom stereocenters. The lowest BCUT2D eigenvalue weighted by Gasteiger charge is -2.14. The summed E-state index contributed by atoms with van der Waals surface area (Å²) in [6.45, 7) is 5.21. The largest absolute Gasteiger partial charge is 0.465 e. The molecule has 0 saturated carbocycles. The number of hydrogen-bond donors (Lipinski definition) is 2. The van der Waals surface area contributed by atoms with Crippen molar-refractivity contribution in [3.8, 4) is 0 Å². The summed E-state index contributed by atoms with van der Waals surface area (Å²) in [6, 6.07) is 4.56. The van der Waals surface area contributed by atoms with Crippen molar-refractivity contribution in [2.75, 3.05) is 11.8 Å². The predicted octanol–water partition coefficient (Wildman–Crippen LogP) is 1.44. The Kier molecular flexibility index (Phi) is 4.90. The first-order chi connectivity index (χ1) is 8.75. The molecular weight excluding hydrogens is 268 g/mol. The van der Waals surface area contributed by atoms with Gasteiger partial charge in [0.1, 0.15) is 0 Å². The molecule has 0 atom stereocenters. The van der Waals surface area contributed by atoms with E-state index in [2.05, 4.69) is 14.2 Å². The lowest BCUT2D eigenvalue weighted by molar-refractivity contribution is 0.0602. The molecule has 19 heavy (non-hydrogen) atoms. The maximum absolute atomic E-state index is 11.8. The van der Waals surface area contributed by atoms with Crippen LogP contribution in [-0.2, 0) is 14.9 Å². The van der Waals surface area contributed by atoms with Crippen molar-refractivity contribution in [2.24, 2.45) is 0 Å². The van der Waals surface area contributed by atoms with Gasteiger partial charge in [-0.15, -0.1) is 0 Å². The number of aryl methyl sites for hydroxylation is 1. The van der Waals surface area contributed by atoms with Gasteiger partial charge in [-0.1, -0.05) is 11.6 Å². The molecule has 0 spiro atoms. The van der Waals surface area contributed by atoms with Crippen LogP contribution in [0.15, 0.2) is 18.2 Å². The van der Waals surface area contributed by atoms with Crippen molar-refractivity contribution in [1.29, 1.82) is 0 Å². The van der Waals surface area contributed by atoms with Crippen molar-refractivity contribution in [3.63, 3.8) is 0 Å². The normalized spacial score (nSPS) is 11.4. The first-order valence-corrected chi connectivity index (χ1v) is 7.22. The summed E-state index contributed by atoms with van der Waals surface area (Å²) in [4.78, 5) is 11.6. The summed E-state index contributed by atoms with van der Waals surface area (Å²) in [5.74, 6) is -0.592. The summed E-state index contributed by atoms with van der Waals surface area (Å²) < 4.78 is 32.9. The van der Waals surface area contributed by atoms with Gasteiger partial charge in [-0.2, -0.15) is 13.1 Å². The van der Waals surface area contributed by atoms with Crippen molar-refractivity contribution in [3.05, 3.63) is 29.3 Å². The highest BCUT2D eigenvalue weighted by Crippen LogP contribution is 2.19. The summed E-state index contributed by atoms with van der Waals surface area (Å²) >= 11 is 0. The van der Waals surface area contributed by atoms with Crippen LogP contribution in [0.3, 0.4) is 0 Å². The smallest absolute Gasteiger partial charge is 0.340 e. The SMILES string of the molecule is COC(=O)c1cc(C)ccc1NS(=O)(=O)NC(C)C. The summed E-state index contributed by atoms with van der Waals surface area (Å²) in [5.41, 5.74) is 1.20. The highest BCUT2D eigenvalue weighted by molar-refractivity contribution is 7.90. The van der Waals surface area contributed by atoms with Gasteiger partial charge in [0, 0.05) is 6.04 Å². The molecule has 0 aliphatic heterocycles. The average molecular weight is 286 g/mol. The number of methoxy groups -OCH3 is 1. The Morgan fingerprint density at radius 3 is 2.47 bits per heavy atom. The third kappa shape index (κ3) is 4.53. The molecule has 0 aliphatic rings. The molecule has 0 fully saturated rings. The van der Waals surface area contributed by atoms with E-state index in [9.17, 15) is 13.2 Å². The Balaban J connectivity index is 3.11. The number of rotatable bonds is 5. The van der Waals surface area contributed by atoms with Gasteiger partial charge < -0.3 is 4.74 Å². The zero-order valence-corrected chi connectivity index (χ0v) is 12.2. The van der Waals surface area contributed by atoms with Gasteiger partial charge in [0.25, 0.3) is 10.2 Å². The average Bonchev–Trinajstić information content (AvgIpc) is 2.28. The molecule has 0 aromatic heterocycles. The molecule has 6 nitrogen and oxygen atoms in total. The van der Waals surface area contributed by atoms with Crippen LogP contribution in [0.1, 0.15) is 29.8 Å². The van der Waals surface area contributed by atoms with E-state index in [1.54, 1.807) is 32.9 Å². The number of nitrogens with one attached hydrogen (secondary N) is 2. The number of esters is 1. The second-order valence-corrected chi connectivity index (χ2v) is 5.87. The minimum Gasteiger partial charge on any atom is -0.465 e. The predicted molar refractivity (Wildman–Crippen MR) is 73.3 cm³/mol. The van der Waals surface area contributed by atoms with Crippen LogP contribution in [0.4, 0.5) is 5.69 Å². The highest BCUT2D eigenvalue weighted by Gasteiger charge is 2.17. The number of hydrogen-bond acceptors (Lipinski definition) is 4. The van der Waals surface area contributed by atoms with Gasteiger partial charge in [0.2, 0.25) is 0 Å². The fourth-order valence-electron chi connectivity index (χ4n) is 1.51. The van der Waals surface area contributed by atoms with Gasteiger partial charge >= 0.3 is 5.97 Å². The van der Waals surface area contributed by atoms with Gasteiger partial charge in [-0.3, -0.25) is 4.72 Å². The third-order valence-electron chi connectivity index (χ3n) is 2.22. The van der Waals surface area contributed by atoms with E-state index in [4.69, 9.17) is 0 Å². The van der Waals surface area contributed by atoms with E-state index in [0.717, 1.165) is 5.56 Å². The Hall–Kier alpha value is -1.60. The minimum absolute atomic E-state index is 0.177. The summed E-state index contributed by atoms with van der Waals surface area (Å²) in [7, 11) is -2.47. The highest BCUT2D eigenvalue weighted by atomic mass is 32.2. The number of carbonyl (C=O) groups is 1. The fraction of sp³-hybridized carbons (Fsp3) is 0.417. The lowest BCUT2D eigenvalue weighted by Crippen LogP contribution is -2.35. The van der Waals surface area contributed by atoms with Crippen LogP contribution in [0, 0.1) is 6.92 Å². The maximum atomic E-state index is 11.8. The minimum atomic E-state index is -3.72. The second-order valence-electron chi connectivity index (χ2n) is 4.42. The number of carbonyl (C=O) groups excluding carboxylic acids is 1. The number of anilines is 1. The van der Waals surface area contributed by atoms with E-state index >= 15 is 0 Å². The molecule has 0 amide bonds. The van der Waals surface area contributed by atoms with Crippen molar-refractivity contribution in [1.82, 2.24) is 4.72 Å². The van der Waals surface area contributed by atoms with Gasteiger partial charge in [0.05, 0.1) is 18.4 Å². The summed E-state index contributed by atoms with van der Waals surface area (Å²) in [5, 5.41) is 0. The lowest BCUT2D eigenvalue weighted by atomic mass is 10.1. The van der Waals surface area contributed by atoms with Gasteiger partial charge in [0.15, 0.2) is 0 Å². The molecule has 0 saturated heterocycles. The van der Waals surface area contributed by atoms with Crippen LogP contribution in [0.2, 0.25) is 0 Å². The quantitative estimate of drug-likeness (QED) is 0.802. The van der Waals surface area contributed by atoms with E-state index in [-0.39, 0.29) is 17.3 Å². The van der Waals surface area contributed by atoms with Crippen molar-refractivity contribution in [2.45, 2.75) is 26.8 Å². The Morgan fingerprint density at radius 1 is 1.32 bits per heavy atom. The zero-order valence-electron chi connectivity index (χ0n) is 11.4. The van der Waals surface area contributed by atoms with Gasteiger partial charge in [-0.25, -0.2) is 4.79 Å². The first-order valence-electron chi connectivity index (χ1n) is 5.74. The van der Waals surface area contributed by atoms with Crippen LogP contribution >= 0.6 is 0 Å². The third-order valence-corrected chi connectivity index (χ3v) is 3.49. The van der Waals surface area contributed by atoms with Crippen LogP contribution in [0.25, 0.3) is 0 Å².